The molecule has 0 saturated heterocycles. The molecule has 36 heavy (non-hydrogen) atoms. The highest BCUT2D eigenvalue weighted by atomic mass is 32.2. The van der Waals surface area contributed by atoms with Crippen LogP contribution < -0.4 is 19.5 Å². The summed E-state index contributed by atoms with van der Waals surface area (Å²) in [4.78, 5) is 13.0. The van der Waals surface area contributed by atoms with Gasteiger partial charge in [0.2, 0.25) is 0 Å². The van der Waals surface area contributed by atoms with Crippen LogP contribution in [0.4, 0.5) is 11.4 Å². The number of carbonyl (C=O) groups is 1. The standard InChI is InChI=1S/C28H28N2O5S/c1-4-25(35-26-11-7-9-20-8-5-6-10-23(20)26)28(31)29-21-13-15-22(16-14-21)36(32,33)30-24-18-19(2)12-17-27(24)34-3/h5-18,25,30H,4H2,1-3H3,(H,29,31). The van der Waals surface area contributed by atoms with Crippen LogP contribution in [0.25, 0.3) is 10.8 Å². The van der Waals surface area contributed by atoms with Gasteiger partial charge < -0.3 is 14.8 Å². The summed E-state index contributed by atoms with van der Waals surface area (Å²) in [5.74, 6) is 0.739. The van der Waals surface area contributed by atoms with Gasteiger partial charge in [0.15, 0.2) is 6.10 Å². The summed E-state index contributed by atoms with van der Waals surface area (Å²) in [6, 6.07) is 24.7. The molecule has 4 aromatic carbocycles. The second kappa shape index (κ2) is 10.7. The monoisotopic (exact) mass is 504 g/mol. The lowest BCUT2D eigenvalue weighted by atomic mass is 10.1. The number of amides is 1. The number of rotatable bonds is 9. The average molecular weight is 505 g/mol. The maximum Gasteiger partial charge on any atom is 0.265 e. The summed E-state index contributed by atoms with van der Waals surface area (Å²) in [5.41, 5.74) is 1.71. The van der Waals surface area contributed by atoms with Crippen LogP contribution in [0.3, 0.4) is 0 Å². The second-order valence-corrected chi connectivity index (χ2v) is 10.00. The number of methoxy groups -OCH3 is 1. The zero-order valence-corrected chi connectivity index (χ0v) is 21.1. The highest BCUT2D eigenvalue weighted by molar-refractivity contribution is 7.92. The molecule has 4 aromatic rings. The molecule has 1 amide bonds. The lowest BCUT2D eigenvalue weighted by Crippen LogP contribution is -2.32. The molecule has 0 aliphatic heterocycles. The highest BCUT2D eigenvalue weighted by Crippen LogP contribution is 2.29. The summed E-state index contributed by atoms with van der Waals surface area (Å²) in [6.45, 7) is 3.73. The Kier molecular flexibility index (Phi) is 7.45. The van der Waals surface area contributed by atoms with Crippen LogP contribution in [0.5, 0.6) is 11.5 Å². The van der Waals surface area contributed by atoms with Gasteiger partial charge in [-0.25, -0.2) is 8.42 Å². The Bertz CT molecular complexity index is 1480. The van der Waals surface area contributed by atoms with E-state index in [0.717, 1.165) is 16.3 Å². The Morgan fingerprint density at radius 1 is 0.917 bits per heavy atom. The van der Waals surface area contributed by atoms with Crippen molar-refractivity contribution in [1.29, 1.82) is 0 Å². The Hall–Kier alpha value is -4.04. The maximum atomic E-state index is 12.9. The van der Waals surface area contributed by atoms with Gasteiger partial charge in [0.25, 0.3) is 15.9 Å². The topological polar surface area (TPSA) is 93.7 Å². The highest BCUT2D eigenvalue weighted by Gasteiger charge is 2.21. The van der Waals surface area contributed by atoms with E-state index in [9.17, 15) is 13.2 Å². The van der Waals surface area contributed by atoms with Crippen LogP contribution in [0.1, 0.15) is 18.9 Å². The molecule has 1 unspecified atom stereocenters. The first-order chi connectivity index (χ1) is 17.3. The molecule has 0 bridgehead atoms. The van der Waals surface area contributed by atoms with Crippen molar-refractivity contribution in [3.8, 4) is 11.5 Å². The van der Waals surface area contributed by atoms with Gasteiger partial charge in [-0.3, -0.25) is 9.52 Å². The fourth-order valence-corrected chi connectivity index (χ4v) is 4.88. The lowest BCUT2D eigenvalue weighted by Gasteiger charge is -2.19. The fraction of sp³-hybridized carbons (Fsp3) is 0.179. The third-order valence-corrected chi connectivity index (χ3v) is 7.09. The Balaban J connectivity index is 1.46. The molecular formula is C28H28N2O5S. The van der Waals surface area contributed by atoms with Gasteiger partial charge in [-0.1, -0.05) is 49.4 Å². The van der Waals surface area contributed by atoms with Crippen molar-refractivity contribution >= 4 is 38.1 Å². The van der Waals surface area contributed by atoms with Crippen LogP contribution >= 0.6 is 0 Å². The normalized spacial score (nSPS) is 12.1. The van der Waals surface area contributed by atoms with E-state index >= 15 is 0 Å². The number of ether oxygens (including phenoxy) is 2. The largest absolute Gasteiger partial charge is 0.495 e. The van der Waals surface area contributed by atoms with Gasteiger partial charge in [-0.05, 0) is 66.8 Å². The van der Waals surface area contributed by atoms with E-state index in [1.54, 1.807) is 24.3 Å². The lowest BCUT2D eigenvalue weighted by molar-refractivity contribution is -0.122. The second-order valence-electron chi connectivity index (χ2n) is 8.31. The summed E-state index contributed by atoms with van der Waals surface area (Å²) >= 11 is 0. The van der Waals surface area contributed by atoms with E-state index < -0.39 is 16.1 Å². The van der Waals surface area contributed by atoms with Crippen molar-refractivity contribution < 1.29 is 22.7 Å². The van der Waals surface area contributed by atoms with E-state index in [1.165, 1.54) is 19.2 Å². The molecule has 0 fully saturated rings. The molecule has 0 aliphatic rings. The van der Waals surface area contributed by atoms with E-state index in [-0.39, 0.29) is 10.8 Å². The van der Waals surface area contributed by atoms with Gasteiger partial charge in [0.1, 0.15) is 11.5 Å². The minimum atomic E-state index is -3.86. The molecule has 0 heterocycles. The predicted molar refractivity (Wildman–Crippen MR) is 142 cm³/mol. The zero-order chi connectivity index (χ0) is 25.7. The molecule has 0 aliphatic carbocycles. The summed E-state index contributed by atoms with van der Waals surface area (Å²) in [5, 5.41) is 4.77. The molecule has 0 aromatic heterocycles. The van der Waals surface area contributed by atoms with Crippen LogP contribution in [-0.4, -0.2) is 27.5 Å². The number of anilines is 2. The minimum absolute atomic E-state index is 0.0584. The number of hydrogen-bond acceptors (Lipinski definition) is 5. The van der Waals surface area contributed by atoms with Crippen LogP contribution in [0.2, 0.25) is 0 Å². The van der Waals surface area contributed by atoms with Crippen molar-refractivity contribution in [3.05, 3.63) is 90.5 Å². The van der Waals surface area contributed by atoms with Crippen molar-refractivity contribution in [2.24, 2.45) is 0 Å². The first-order valence-corrected chi connectivity index (χ1v) is 13.0. The number of benzene rings is 4. The van der Waals surface area contributed by atoms with E-state index in [0.29, 0.717) is 29.3 Å². The van der Waals surface area contributed by atoms with E-state index in [1.807, 2.05) is 62.4 Å². The first kappa shape index (κ1) is 25.1. The Morgan fingerprint density at radius 3 is 2.36 bits per heavy atom. The van der Waals surface area contributed by atoms with Gasteiger partial charge in [0.05, 0.1) is 17.7 Å². The number of nitrogens with one attached hydrogen (secondary N) is 2. The third kappa shape index (κ3) is 5.60. The molecule has 8 heteroatoms. The van der Waals surface area contributed by atoms with Gasteiger partial charge >= 0.3 is 0 Å². The molecular weight excluding hydrogens is 476 g/mol. The van der Waals surface area contributed by atoms with Crippen molar-refractivity contribution in [2.75, 3.05) is 17.1 Å². The third-order valence-electron chi connectivity index (χ3n) is 5.71. The molecule has 7 nitrogen and oxygen atoms in total. The van der Waals surface area contributed by atoms with Crippen molar-refractivity contribution in [2.45, 2.75) is 31.3 Å². The zero-order valence-electron chi connectivity index (χ0n) is 20.3. The van der Waals surface area contributed by atoms with E-state index in [2.05, 4.69) is 10.0 Å². The van der Waals surface area contributed by atoms with Gasteiger partial charge in [0, 0.05) is 11.1 Å². The summed E-state index contributed by atoms with van der Waals surface area (Å²) < 4.78 is 39.7. The number of fused-ring (bicyclic) bond motifs is 1. The fourth-order valence-electron chi connectivity index (χ4n) is 3.82. The Morgan fingerprint density at radius 2 is 1.64 bits per heavy atom. The molecule has 2 N–H and O–H groups in total. The number of hydrogen-bond donors (Lipinski definition) is 2. The molecule has 1 atom stereocenters. The van der Waals surface area contributed by atoms with Gasteiger partial charge in [-0.2, -0.15) is 0 Å². The van der Waals surface area contributed by atoms with Crippen molar-refractivity contribution in [3.63, 3.8) is 0 Å². The molecule has 0 radical (unpaired) electrons. The first-order valence-electron chi connectivity index (χ1n) is 11.5. The number of aryl methyl sites for hydroxylation is 1. The van der Waals surface area contributed by atoms with Crippen LogP contribution in [0, 0.1) is 6.92 Å². The Labute approximate surface area is 211 Å². The number of carbonyl (C=O) groups excluding carboxylic acids is 1. The SMILES string of the molecule is CCC(Oc1cccc2ccccc12)C(=O)Nc1ccc(S(=O)(=O)Nc2cc(C)ccc2OC)cc1. The quantitative estimate of drug-likeness (QED) is 0.303. The maximum absolute atomic E-state index is 12.9. The number of sulfonamides is 1. The molecule has 186 valence electrons. The summed E-state index contributed by atoms with van der Waals surface area (Å²) in [6.07, 6.45) is -0.251. The summed E-state index contributed by atoms with van der Waals surface area (Å²) in [7, 11) is -2.38. The molecule has 0 spiro atoms. The van der Waals surface area contributed by atoms with Gasteiger partial charge in [-0.15, -0.1) is 0 Å². The smallest absolute Gasteiger partial charge is 0.265 e. The van der Waals surface area contributed by atoms with Crippen LogP contribution in [0.15, 0.2) is 89.8 Å². The average Bonchev–Trinajstić information content (AvgIpc) is 2.87. The minimum Gasteiger partial charge on any atom is -0.495 e. The molecule has 4 rings (SSSR count). The van der Waals surface area contributed by atoms with E-state index in [4.69, 9.17) is 9.47 Å². The predicted octanol–water partition coefficient (Wildman–Crippen LogP) is 5.75. The molecule has 0 saturated carbocycles. The van der Waals surface area contributed by atoms with Crippen LogP contribution in [-0.2, 0) is 14.8 Å². The van der Waals surface area contributed by atoms with Crippen molar-refractivity contribution in [1.82, 2.24) is 0 Å².